The summed E-state index contributed by atoms with van der Waals surface area (Å²) in [5.41, 5.74) is 6.59. The Kier molecular flexibility index (Phi) is 4.04. The summed E-state index contributed by atoms with van der Waals surface area (Å²) >= 11 is 1.52. The van der Waals surface area contributed by atoms with Crippen LogP contribution in [0, 0.1) is 11.8 Å². The Bertz CT molecular complexity index is 459. The Morgan fingerprint density at radius 2 is 1.95 bits per heavy atom. The van der Waals surface area contributed by atoms with Crippen LogP contribution in [0.3, 0.4) is 0 Å². The maximum absolute atomic E-state index is 12.0. The van der Waals surface area contributed by atoms with Gasteiger partial charge in [-0.2, -0.15) is 0 Å². The minimum absolute atomic E-state index is 0.00754. The Balaban J connectivity index is 2.22. The number of piperidine rings is 1. The lowest BCUT2D eigenvalue weighted by Gasteiger charge is -2.35. The first-order valence-electron chi connectivity index (χ1n) is 6.74. The van der Waals surface area contributed by atoms with E-state index in [1.807, 2.05) is 6.07 Å². The lowest BCUT2D eigenvalue weighted by molar-refractivity contribution is 0.0833. The normalized spacial score (nSPS) is 23.5. The molecule has 1 aromatic heterocycles. The fourth-order valence-electron chi connectivity index (χ4n) is 2.76. The van der Waals surface area contributed by atoms with Gasteiger partial charge < -0.3 is 15.5 Å². The van der Waals surface area contributed by atoms with Crippen LogP contribution in [-0.4, -0.2) is 38.0 Å². The van der Waals surface area contributed by atoms with Crippen LogP contribution in [0.2, 0.25) is 0 Å². The topological polar surface area (TPSA) is 49.6 Å². The third-order valence-corrected chi connectivity index (χ3v) is 4.73. The molecular weight excluding hydrogens is 258 g/mol. The summed E-state index contributed by atoms with van der Waals surface area (Å²) in [5.74, 6) is 1.38. The average molecular weight is 281 g/mol. The highest BCUT2D eigenvalue weighted by atomic mass is 32.1. The number of carbonyl (C=O) groups is 1. The molecule has 1 aromatic rings. The molecule has 5 heteroatoms. The van der Waals surface area contributed by atoms with Crippen molar-refractivity contribution in [2.75, 3.05) is 37.8 Å². The second kappa shape index (κ2) is 5.41. The summed E-state index contributed by atoms with van der Waals surface area (Å²) < 4.78 is 0. The molecule has 0 radical (unpaired) electrons. The van der Waals surface area contributed by atoms with E-state index in [1.54, 1.807) is 19.0 Å². The molecule has 106 valence electrons. The molecule has 0 saturated carbocycles. The zero-order valence-electron chi connectivity index (χ0n) is 12.1. The molecule has 2 heterocycles. The standard InChI is InChI=1S/C14H23N3OS/c1-9-5-10(2)8-17(7-9)12-6-11(15)13(19-12)14(18)16(3)4/h6,9-10H,5,7-8,15H2,1-4H3. The van der Waals surface area contributed by atoms with E-state index in [0.29, 0.717) is 22.4 Å². The fraction of sp³-hybridized carbons (Fsp3) is 0.643. The average Bonchev–Trinajstić information content (AvgIpc) is 2.69. The van der Waals surface area contributed by atoms with E-state index < -0.39 is 0 Å². The number of anilines is 2. The molecule has 2 rings (SSSR count). The molecule has 19 heavy (non-hydrogen) atoms. The molecule has 2 unspecified atom stereocenters. The van der Waals surface area contributed by atoms with Gasteiger partial charge in [0.15, 0.2) is 0 Å². The van der Waals surface area contributed by atoms with Crippen LogP contribution in [0.4, 0.5) is 10.7 Å². The second-order valence-electron chi connectivity index (χ2n) is 5.92. The van der Waals surface area contributed by atoms with Crippen molar-refractivity contribution in [2.45, 2.75) is 20.3 Å². The zero-order chi connectivity index (χ0) is 14.2. The largest absolute Gasteiger partial charge is 0.397 e. The molecule has 1 amide bonds. The van der Waals surface area contributed by atoms with Gasteiger partial charge in [-0.05, 0) is 24.3 Å². The van der Waals surface area contributed by atoms with Crippen molar-refractivity contribution in [3.63, 3.8) is 0 Å². The van der Waals surface area contributed by atoms with Crippen molar-refractivity contribution >= 4 is 27.9 Å². The summed E-state index contributed by atoms with van der Waals surface area (Å²) in [6, 6.07) is 1.95. The van der Waals surface area contributed by atoms with Crippen LogP contribution in [0.5, 0.6) is 0 Å². The predicted octanol–water partition coefficient (Wildman–Crippen LogP) is 2.51. The van der Waals surface area contributed by atoms with Crippen LogP contribution in [0.1, 0.15) is 29.9 Å². The van der Waals surface area contributed by atoms with E-state index in [2.05, 4.69) is 18.7 Å². The van der Waals surface area contributed by atoms with Crippen LogP contribution < -0.4 is 10.6 Å². The van der Waals surface area contributed by atoms with Gasteiger partial charge in [-0.25, -0.2) is 0 Å². The number of hydrogen-bond acceptors (Lipinski definition) is 4. The maximum atomic E-state index is 12.0. The molecule has 0 bridgehead atoms. The quantitative estimate of drug-likeness (QED) is 0.906. The summed E-state index contributed by atoms with van der Waals surface area (Å²) in [5, 5.41) is 1.13. The minimum atomic E-state index is -0.00754. The van der Waals surface area contributed by atoms with E-state index in [1.165, 1.54) is 17.8 Å². The van der Waals surface area contributed by atoms with Crippen molar-refractivity contribution in [1.29, 1.82) is 0 Å². The van der Waals surface area contributed by atoms with E-state index in [0.717, 1.165) is 18.1 Å². The van der Waals surface area contributed by atoms with Crippen LogP contribution in [0.25, 0.3) is 0 Å². The molecule has 0 spiro atoms. The molecule has 4 nitrogen and oxygen atoms in total. The third kappa shape index (κ3) is 3.03. The molecule has 2 atom stereocenters. The summed E-state index contributed by atoms with van der Waals surface area (Å²) in [4.78, 5) is 16.6. The van der Waals surface area contributed by atoms with E-state index in [9.17, 15) is 4.79 Å². The van der Waals surface area contributed by atoms with Gasteiger partial charge in [0.05, 0.1) is 10.7 Å². The van der Waals surface area contributed by atoms with E-state index in [-0.39, 0.29) is 5.91 Å². The first-order chi connectivity index (χ1) is 8.88. The first-order valence-corrected chi connectivity index (χ1v) is 7.56. The highest BCUT2D eigenvalue weighted by molar-refractivity contribution is 7.18. The van der Waals surface area contributed by atoms with Gasteiger partial charge in [0.1, 0.15) is 4.88 Å². The minimum Gasteiger partial charge on any atom is -0.397 e. The van der Waals surface area contributed by atoms with Gasteiger partial charge in [-0.15, -0.1) is 11.3 Å². The predicted molar refractivity (Wildman–Crippen MR) is 81.9 cm³/mol. The SMILES string of the molecule is CC1CC(C)CN(c2cc(N)c(C(=O)N(C)C)s2)C1. The molecule has 2 N–H and O–H groups in total. The molecule has 1 fully saturated rings. The van der Waals surface area contributed by atoms with Crippen molar-refractivity contribution in [2.24, 2.45) is 11.8 Å². The summed E-state index contributed by atoms with van der Waals surface area (Å²) in [6.07, 6.45) is 1.28. The number of rotatable bonds is 2. The van der Waals surface area contributed by atoms with Crippen molar-refractivity contribution < 1.29 is 4.79 Å². The lowest BCUT2D eigenvalue weighted by atomic mass is 9.92. The smallest absolute Gasteiger partial charge is 0.265 e. The van der Waals surface area contributed by atoms with E-state index in [4.69, 9.17) is 5.73 Å². The first kappa shape index (κ1) is 14.2. The van der Waals surface area contributed by atoms with Crippen LogP contribution in [-0.2, 0) is 0 Å². The number of carbonyl (C=O) groups excluding carboxylic acids is 1. The second-order valence-corrected chi connectivity index (χ2v) is 6.95. The highest BCUT2D eigenvalue weighted by Gasteiger charge is 2.25. The van der Waals surface area contributed by atoms with Gasteiger partial charge in [0, 0.05) is 27.2 Å². The van der Waals surface area contributed by atoms with Gasteiger partial charge >= 0.3 is 0 Å². The molecular formula is C14H23N3OS. The van der Waals surface area contributed by atoms with Gasteiger partial charge in [-0.1, -0.05) is 13.8 Å². The van der Waals surface area contributed by atoms with Gasteiger partial charge in [0.2, 0.25) is 0 Å². The molecule has 0 aromatic carbocycles. The zero-order valence-corrected chi connectivity index (χ0v) is 13.0. The number of hydrogen-bond donors (Lipinski definition) is 1. The summed E-state index contributed by atoms with van der Waals surface area (Å²) in [6.45, 7) is 6.68. The van der Waals surface area contributed by atoms with Gasteiger partial charge in [0.25, 0.3) is 5.91 Å². The Morgan fingerprint density at radius 1 is 1.37 bits per heavy atom. The molecule has 0 aliphatic carbocycles. The Morgan fingerprint density at radius 3 is 2.47 bits per heavy atom. The van der Waals surface area contributed by atoms with Crippen molar-refractivity contribution in [3.8, 4) is 0 Å². The Labute approximate surface area is 119 Å². The van der Waals surface area contributed by atoms with Crippen molar-refractivity contribution in [3.05, 3.63) is 10.9 Å². The lowest BCUT2D eigenvalue weighted by Crippen LogP contribution is -2.38. The van der Waals surface area contributed by atoms with Crippen LogP contribution in [0.15, 0.2) is 6.07 Å². The monoisotopic (exact) mass is 281 g/mol. The van der Waals surface area contributed by atoms with Crippen LogP contribution >= 0.6 is 11.3 Å². The molecule has 1 aliphatic rings. The van der Waals surface area contributed by atoms with Crippen molar-refractivity contribution in [1.82, 2.24) is 4.90 Å². The number of thiophene rings is 1. The third-order valence-electron chi connectivity index (χ3n) is 3.53. The Hall–Kier alpha value is -1.23. The fourth-order valence-corrected chi connectivity index (χ4v) is 3.88. The van der Waals surface area contributed by atoms with E-state index >= 15 is 0 Å². The molecule has 1 aliphatic heterocycles. The number of nitrogens with zero attached hydrogens (tertiary/aromatic N) is 2. The number of nitrogens with two attached hydrogens (primary N) is 1. The summed E-state index contributed by atoms with van der Waals surface area (Å²) in [7, 11) is 3.51. The maximum Gasteiger partial charge on any atom is 0.265 e. The number of nitrogen functional groups attached to an aromatic ring is 1. The number of amides is 1. The highest BCUT2D eigenvalue weighted by Crippen LogP contribution is 2.36. The molecule has 1 saturated heterocycles. The van der Waals surface area contributed by atoms with Gasteiger partial charge in [-0.3, -0.25) is 4.79 Å².